The SMILES string of the molecule is C=CCc1c(N(C)S(=O)(=O)c2ccc(C)cc2)oc2ccccc12. The summed E-state index contributed by atoms with van der Waals surface area (Å²) in [7, 11) is -2.18. The summed E-state index contributed by atoms with van der Waals surface area (Å²) in [6.07, 6.45) is 2.27. The number of hydrogen-bond acceptors (Lipinski definition) is 3. The molecule has 0 aliphatic carbocycles. The lowest BCUT2D eigenvalue weighted by atomic mass is 10.1. The number of fused-ring (bicyclic) bond motifs is 1. The topological polar surface area (TPSA) is 50.5 Å². The highest BCUT2D eigenvalue weighted by atomic mass is 32.2. The molecule has 3 aromatic rings. The van der Waals surface area contributed by atoms with Crippen molar-refractivity contribution in [3.8, 4) is 0 Å². The average Bonchev–Trinajstić information content (AvgIpc) is 2.93. The van der Waals surface area contributed by atoms with Crippen LogP contribution in [0.2, 0.25) is 0 Å². The van der Waals surface area contributed by atoms with Crippen LogP contribution in [0.25, 0.3) is 11.0 Å². The molecule has 0 saturated heterocycles. The van der Waals surface area contributed by atoms with Gasteiger partial charge in [-0.25, -0.2) is 12.7 Å². The van der Waals surface area contributed by atoms with Crippen LogP contribution in [-0.4, -0.2) is 15.5 Å². The van der Waals surface area contributed by atoms with Gasteiger partial charge in [-0.3, -0.25) is 0 Å². The molecular formula is C19H19NO3S. The van der Waals surface area contributed by atoms with Crippen LogP contribution in [-0.2, 0) is 16.4 Å². The van der Waals surface area contributed by atoms with E-state index in [-0.39, 0.29) is 4.90 Å². The van der Waals surface area contributed by atoms with E-state index in [2.05, 4.69) is 6.58 Å². The van der Waals surface area contributed by atoms with Crippen molar-refractivity contribution >= 4 is 26.9 Å². The molecule has 0 unspecified atom stereocenters. The molecule has 0 aliphatic rings. The van der Waals surface area contributed by atoms with Crippen LogP contribution in [0.15, 0.2) is 70.5 Å². The fourth-order valence-electron chi connectivity index (χ4n) is 2.66. The summed E-state index contributed by atoms with van der Waals surface area (Å²) < 4.78 is 32.9. The molecule has 0 aliphatic heterocycles. The van der Waals surface area contributed by atoms with Gasteiger partial charge in [-0.2, -0.15) is 0 Å². The maximum absolute atomic E-state index is 12.9. The summed E-state index contributed by atoms with van der Waals surface area (Å²) in [6.45, 7) is 5.68. The second-order valence-corrected chi connectivity index (χ2v) is 7.63. The molecule has 0 saturated carbocycles. The summed E-state index contributed by atoms with van der Waals surface area (Å²) in [4.78, 5) is 0.237. The van der Waals surface area contributed by atoms with Crippen LogP contribution < -0.4 is 4.31 Å². The van der Waals surface area contributed by atoms with Crippen molar-refractivity contribution in [2.45, 2.75) is 18.2 Å². The quantitative estimate of drug-likeness (QED) is 0.650. The molecule has 0 atom stereocenters. The average molecular weight is 341 g/mol. The van der Waals surface area contributed by atoms with Gasteiger partial charge in [0.1, 0.15) is 5.58 Å². The lowest BCUT2D eigenvalue weighted by Crippen LogP contribution is -2.27. The third-order valence-corrected chi connectivity index (χ3v) is 5.75. The number of anilines is 1. The number of nitrogens with zero attached hydrogens (tertiary/aromatic N) is 1. The van der Waals surface area contributed by atoms with Crippen LogP contribution in [0.1, 0.15) is 11.1 Å². The van der Waals surface area contributed by atoms with Crippen molar-refractivity contribution in [1.29, 1.82) is 0 Å². The van der Waals surface area contributed by atoms with Crippen molar-refractivity contribution in [2.24, 2.45) is 0 Å². The summed E-state index contributed by atoms with van der Waals surface area (Å²) in [5.74, 6) is 0.330. The normalized spacial score (nSPS) is 11.6. The van der Waals surface area contributed by atoms with E-state index in [1.165, 1.54) is 11.4 Å². The molecule has 3 rings (SSSR count). The third-order valence-electron chi connectivity index (χ3n) is 3.99. The molecule has 124 valence electrons. The zero-order chi connectivity index (χ0) is 17.3. The second kappa shape index (κ2) is 6.17. The van der Waals surface area contributed by atoms with Crippen molar-refractivity contribution in [1.82, 2.24) is 0 Å². The van der Waals surface area contributed by atoms with Crippen molar-refractivity contribution in [3.05, 3.63) is 72.3 Å². The van der Waals surface area contributed by atoms with Crippen molar-refractivity contribution in [3.63, 3.8) is 0 Å². The molecule has 5 heteroatoms. The van der Waals surface area contributed by atoms with Crippen LogP contribution in [0.3, 0.4) is 0 Å². The van der Waals surface area contributed by atoms with Gasteiger partial charge in [-0.1, -0.05) is 42.0 Å². The number of benzene rings is 2. The lowest BCUT2D eigenvalue weighted by molar-refractivity contribution is 0.578. The van der Waals surface area contributed by atoms with E-state index in [9.17, 15) is 8.42 Å². The van der Waals surface area contributed by atoms with Crippen LogP contribution in [0, 0.1) is 6.92 Å². The van der Waals surface area contributed by atoms with E-state index in [1.54, 1.807) is 30.3 Å². The van der Waals surface area contributed by atoms with E-state index < -0.39 is 10.0 Å². The predicted octanol–water partition coefficient (Wildman–Crippen LogP) is 4.29. The van der Waals surface area contributed by atoms with Gasteiger partial charge in [0.05, 0.1) is 4.90 Å². The Bertz CT molecular complexity index is 985. The summed E-state index contributed by atoms with van der Waals surface area (Å²) in [6, 6.07) is 14.3. The molecule has 0 bridgehead atoms. The van der Waals surface area contributed by atoms with Gasteiger partial charge >= 0.3 is 0 Å². The van der Waals surface area contributed by atoms with Gasteiger partial charge in [0.2, 0.25) is 5.88 Å². The second-order valence-electron chi connectivity index (χ2n) is 5.66. The molecule has 24 heavy (non-hydrogen) atoms. The first-order chi connectivity index (χ1) is 11.4. The Morgan fingerprint density at radius 1 is 1.12 bits per heavy atom. The van der Waals surface area contributed by atoms with E-state index >= 15 is 0 Å². The van der Waals surface area contributed by atoms with Gasteiger partial charge in [0.15, 0.2) is 0 Å². The number of rotatable bonds is 5. The van der Waals surface area contributed by atoms with Crippen LogP contribution in [0.5, 0.6) is 0 Å². The number of para-hydroxylation sites is 1. The minimum Gasteiger partial charge on any atom is -0.439 e. The summed E-state index contributed by atoms with van der Waals surface area (Å²) in [5, 5.41) is 0.901. The third kappa shape index (κ3) is 2.71. The Morgan fingerprint density at radius 3 is 2.46 bits per heavy atom. The highest BCUT2D eigenvalue weighted by molar-refractivity contribution is 7.92. The van der Waals surface area contributed by atoms with Crippen molar-refractivity contribution in [2.75, 3.05) is 11.4 Å². The molecular weight excluding hydrogens is 322 g/mol. The van der Waals surface area contributed by atoms with Crippen molar-refractivity contribution < 1.29 is 12.8 Å². The highest BCUT2D eigenvalue weighted by Gasteiger charge is 2.27. The summed E-state index contributed by atoms with van der Waals surface area (Å²) in [5.41, 5.74) is 2.49. The maximum Gasteiger partial charge on any atom is 0.266 e. The zero-order valence-electron chi connectivity index (χ0n) is 13.7. The Morgan fingerprint density at radius 2 is 1.79 bits per heavy atom. The van der Waals surface area contributed by atoms with Gasteiger partial charge in [0, 0.05) is 18.0 Å². The Labute approximate surface area is 142 Å². The molecule has 0 radical (unpaired) electrons. The molecule has 4 nitrogen and oxygen atoms in total. The van der Waals surface area contributed by atoms with Crippen LogP contribution in [0.4, 0.5) is 5.88 Å². The standard InChI is InChI=1S/C19H19NO3S/c1-4-7-17-16-8-5-6-9-18(16)23-19(17)20(3)24(21,22)15-12-10-14(2)11-13-15/h4-6,8-13H,1,7H2,2-3H3. The minimum absolute atomic E-state index is 0.237. The summed E-state index contributed by atoms with van der Waals surface area (Å²) >= 11 is 0. The fraction of sp³-hybridized carbons (Fsp3) is 0.158. The maximum atomic E-state index is 12.9. The Kier molecular flexibility index (Phi) is 4.20. The van der Waals surface area contributed by atoms with Gasteiger partial charge in [-0.15, -0.1) is 6.58 Å². The van der Waals surface area contributed by atoms with Crippen LogP contribution >= 0.6 is 0 Å². The van der Waals surface area contributed by atoms with Gasteiger partial charge < -0.3 is 4.42 Å². The smallest absolute Gasteiger partial charge is 0.266 e. The number of allylic oxidation sites excluding steroid dienone is 1. The molecule has 0 spiro atoms. The van der Waals surface area contributed by atoms with E-state index in [4.69, 9.17) is 4.42 Å². The Hall–Kier alpha value is -2.53. The van der Waals surface area contributed by atoms with Gasteiger partial charge in [0.25, 0.3) is 10.0 Å². The monoisotopic (exact) mass is 341 g/mol. The molecule has 1 heterocycles. The van der Waals surface area contributed by atoms with Gasteiger partial charge in [-0.05, 0) is 31.5 Å². The Balaban J connectivity index is 2.13. The number of sulfonamides is 1. The molecule has 1 aromatic heterocycles. The number of hydrogen-bond donors (Lipinski definition) is 0. The largest absolute Gasteiger partial charge is 0.439 e. The molecule has 2 aromatic carbocycles. The first-order valence-electron chi connectivity index (χ1n) is 7.62. The first-order valence-corrected chi connectivity index (χ1v) is 9.06. The minimum atomic E-state index is -3.69. The zero-order valence-corrected chi connectivity index (χ0v) is 14.5. The molecule has 0 fully saturated rings. The first kappa shape index (κ1) is 16.3. The number of aryl methyl sites for hydroxylation is 1. The van der Waals surface area contributed by atoms with E-state index in [0.29, 0.717) is 17.9 Å². The van der Waals surface area contributed by atoms with E-state index in [1.807, 2.05) is 31.2 Å². The number of furan rings is 1. The fourth-order valence-corrected chi connectivity index (χ4v) is 3.82. The molecule has 0 amide bonds. The van der Waals surface area contributed by atoms with E-state index in [0.717, 1.165) is 16.5 Å². The lowest BCUT2D eigenvalue weighted by Gasteiger charge is -2.18. The highest BCUT2D eigenvalue weighted by Crippen LogP contribution is 2.35. The molecule has 0 N–H and O–H groups in total. The predicted molar refractivity (Wildman–Crippen MR) is 96.9 cm³/mol.